The number of hydrogen-bond acceptors (Lipinski definition) is 3. The molecule has 17 heavy (non-hydrogen) atoms. The summed E-state index contributed by atoms with van der Waals surface area (Å²) in [4.78, 5) is 0. The predicted molar refractivity (Wildman–Crippen MR) is 57.5 cm³/mol. The van der Waals surface area contributed by atoms with Crippen LogP contribution < -0.4 is 9.47 Å². The molecule has 2 rings (SSSR count). The minimum Gasteiger partial charge on any atom is -0.454 e. The summed E-state index contributed by atoms with van der Waals surface area (Å²) in [5, 5.41) is 9.35. The fourth-order valence-corrected chi connectivity index (χ4v) is 1.81. The van der Waals surface area contributed by atoms with Crippen molar-refractivity contribution in [2.45, 2.75) is 32.3 Å². The molecule has 0 radical (unpaired) electrons. The summed E-state index contributed by atoms with van der Waals surface area (Å²) >= 11 is 0. The van der Waals surface area contributed by atoms with E-state index in [9.17, 15) is 13.9 Å². The van der Waals surface area contributed by atoms with Crippen molar-refractivity contribution in [3.8, 4) is 11.5 Å². The number of hydrogen-bond donors (Lipinski definition) is 1. The van der Waals surface area contributed by atoms with Gasteiger partial charge in [0.2, 0.25) is 6.79 Å². The molecule has 0 bridgehead atoms. The fraction of sp³-hybridized carbons (Fsp3) is 0.500. The van der Waals surface area contributed by atoms with Crippen LogP contribution in [-0.2, 0) is 12.3 Å². The van der Waals surface area contributed by atoms with Gasteiger partial charge in [-0.25, -0.2) is 8.78 Å². The zero-order valence-electron chi connectivity index (χ0n) is 9.67. The Hall–Kier alpha value is -1.36. The van der Waals surface area contributed by atoms with Crippen LogP contribution in [0.1, 0.15) is 25.0 Å². The van der Waals surface area contributed by atoms with Crippen LogP contribution in [0.25, 0.3) is 0 Å². The minimum absolute atomic E-state index is 0.0287. The molecule has 1 aliphatic heterocycles. The highest BCUT2D eigenvalue weighted by molar-refractivity contribution is 5.52. The zero-order valence-corrected chi connectivity index (χ0v) is 9.67. The van der Waals surface area contributed by atoms with Crippen molar-refractivity contribution < 1.29 is 23.4 Å². The number of rotatable bonds is 3. The topological polar surface area (TPSA) is 38.7 Å². The fourth-order valence-electron chi connectivity index (χ4n) is 1.81. The Bertz CT molecular complexity index is 424. The Balaban J connectivity index is 2.46. The van der Waals surface area contributed by atoms with E-state index in [4.69, 9.17) is 9.47 Å². The third-order valence-electron chi connectivity index (χ3n) is 2.57. The van der Waals surface area contributed by atoms with E-state index >= 15 is 0 Å². The second-order valence-corrected chi connectivity index (χ2v) is 4.31. The largest absolute Gasteiger partial charge is 0.454 e. The van der Waals surface area contributed by atoms with Gasteiger partial charge in [0.25, 0.3) is 5.92 Å². The van der Waals surface area contributed by atoms with Crippen LogP contribution in [0.4, 0.5) is 8.78 Å². The van der Waals surface area contributed by atoms with Gasteiger partial charge in [0.05, 0.1) is 6.10 Å². The molecule has 3 nitrogen and oxygen atoms in total. The molecule has 1 heterocycles. The van der Waals surface area contributed by atoms with Crippen LogP contribution in [0.2, 0.25) is 0 Å². The molecular weight excluding hydrogens is 230 g/mol. The van der Waals surface area contributed by atoms with E-state index in [-0.39, 0.29) is 18.8 Å². The summed E-state index contributed by atoms with van der Waals surface area (Å²) in [5.41, 5.74) is 0.420. The summed E-state index contributed by atoms with van der Waals surface area (Å²) in [5.74, 6) is -2.16. The van der Waals surface area contributed by atoms with Crippen molar-refractivity contribution in [3.05, 3.63) is 23.3 Å². The van der Waals surface area contributed by atoms with Crippen molar-refractivity contribution in [1.29, 1.82) is 0 Å². The normalized spacial score (nSPS) is 16.1. The van der Waals surface area contributed by atoms with E-state index < -0.39 is 12.0 Å². The van der Waals surface area contributed by atoms with Crippen LogP contribution in [0.15, 0.2) is 12.1 Å². The summed E-state index contributed by atoms with van der Waals surface area (Å²) in [6, 6.07) is 2.65. The second-order valence-electron chi connectivity index (χ2n) is 4.31. The number of benzene rings is 1. The van der Waals surface area contributed by atoms with Crippen LogP contribution in [0, 0.1) is 0 Å². The Morgan fingerprint density at radius 1 is 1.41 bits per heavy atom. The van der Waals surface area contributed by atoms with E-state index in [1.165, 1.54) is 12.1 Å². The molecule has 1 aromatic rings. The van der Waals surface area contributed by atoms with Gasteiger partial charge < -0.3 is 14.6 Å². The maximum atomic E-state index is 13.3. The van der Waals surface area contributed by atoms with Gasteiger partial charge in [-0.05, 0) is 19.1 Å². The lowest BCUT2D eigenvalue weighted by Gasteiger charge is -2.15. The van der Waals surface area contributed by atoms with Gasteiger partial charge in [0, 0.05) is 24.5 Å². The number of aliphatic hydroxyl groups excluding tert-OH is 1. The molecule has 0 saturated carbocycles. The highest BCUT2D eigenvalue weighted by Crippen LogP contribution is 2.41. The minimum atomic E-state index is -2.94. The Labute approximate surface area is 98.0 Å². The van der Waals surface area contributed by atoms with Crippen LogP contribution >= 0.6 is 0 Å². The number of fused-ring (bicyclic) bond motifs is 1. The SMILES string of the molecule is CC(O)Cc1cc(C(C)(F)F)cc2c1OCO2. The lowest BCUT2D eigenvalue weighted by Crippen LogP contribution is -2.10. The maximum Gasteiger partial charge on any atom is 0.270 e. The van der Waals surface area contributed by atoms with Gasteiger partial charge in [-0.1, -0.05) is 0 Å². The Morgan fingerprint density at radius 3 is 2.71 bits per heavy atom. The van der Waals surface area contributed by atoms with Crippen molar-refractivity contribution in [2.24, 2.45) is 0 Å². The molecule has 1 atom stereocenters. The molecule has 94 valence electrons. The summed E-state index contributed by atoms with van der Waals surface area (Å²) < 4.78 is 36.9. The van der Waals surface area contributed by atoms with Crippen molar-refractivity contribution in [1.82, 2.24) is 0 Å². The Morgan fingerprint density at radius 2 is 2.12 bits per heavy atom. The number of halogens is 2. The standard InChI is InChI=1S/C12H14F2O3/c1-7(15)3-8-4-9(12(2,13)14)5-10-11(8)17-6-16-10/h4-5,7,15H,3,6H2,1-2H3. The van der Waals surface area contributed by atoms with Crippen molar-refractivity contribution in [2.75, 3.05) is 6.79 Å². The molecule has 0 saturated heterocycles. The first-order valence-electron chi connectivity index (χ1n) is 5.37. The molecule has 0 spiro atoms. The molecular formula is C12H14F2O3. The third kappa shape index (κ3) is 2.49. The van der Waals surface area contributed by atoms with Gasteiger partial charge in [0.1, 0.15) is 0 Å². The van der Waals surface area contributed by atoms with Crippen LogP contribution in [0.5, 0.6) is 11.5 Å². The third-order valence-corrected chi connectivity index (χ3v) is 2.57. The van der Waals surface area contributed by atoms with E-state index in [0.29, 0.717) is 17.1 Å². The molecule has 1 aromatic carbocycles. The number of aliphatic hydroxyl groups is 1. The molecule has 5 heteroatoms. The van der Waals surface area contributed by atoms with Crippen LogP contribution in [-0.4, -0.2) is 18.0 Å². The van der Waals surface area contributed by atoms with E-state index in [2.05, 4.69) is 0 Å². The lowest BCUT2D eigenvalue weighted by molar-refractivity contribution is 0.0171. The van der Waals surface area contributed by atoms with Crippen molar-refractivity contribution >= 4 is 0 Å². The molecule has 0 aromatic heterocycles. The summed E-state index contributed by atoms with van der Waals surface area (Å²) in [6.07, 6.45) is -0.362. The Kier molecular flexibility index (Phi) is 2.95. The molecule has 0 fully saturated rings. The van der Waals surface area contributed by atoms with E-state index in [0.717, 1.165) is 6.92 Å². The van der Waals surface area contributed by atoms with Gasteiger partial charge in [-0.15, -0.1) is 0 Å². The van der Waals surface area contributed by atoms with Gasteiger partial charge in [0.15, 0.2) is 11.5 Å². The molecule has 0 aliphatic carbocycles. The number of ether oxygens (including phenoxy) is 2. The second kappa shape index (κ2) is 4.14. The first-order chi connectivity index (χ1) is 7.88. The average molecular weight is 244 g/mol. The first-order valence-corrected chi connectivity index (χ1v) is 5.37. The predicted octanol–water partition coefficient (Wildman–Crippen LogP) is 2.45. The molecule has 0 amide bonds. The lowest BCUT2D eigenvalue weighted by atomic mass is 10.0. The van der Waals surface area contributed by atoms with E-state index in [1.54, 1.807) is 6.92 Å². The maximum absolute atomic E-state index is 13.3. The van der Waals surface area contributed by atoms with Gasteiger partial charge in [-0.3, -0.25) is 0 Å². The van der Waals surface area contributed by atoms with Crippen molar-refractivity contribution in [3.63, 3.8) is 0 Å². The van der Waals surface area contributed by atoms with Crippen LogP contribution in [0.3, 0.4) is 0 Å². The highest BCUT2D eigenvalue weighted by atomic mass is 19.3. The zero-order chi connectivity index (χ0) is 12.6. The summed E-state index contributed by atoms with van der Waals surface area (Å²) in [7, 11) is 0. The van der Waals surface area contributed by atoms with Gasteiger partial charge >= 0.3 is 0 Å². The number of alkyl halides is 2. The summed E-state index contributed by atoms with van der Waals surface area (Å²) in [6.45, 7) is 2.45. The smallest absolute Gasteiger partial charge is 0.270 e. The molecule has 1 N–H and O–H groups in total. The molecule has 1 aliphatic rings. The van der Waals surface area contributed by atoms with Gasteiger partial charge in [-0.2, -0.15) is 0 Å². The highest BCUT2D eigenvalue weighted by Gasteiger charge is 2.29. The van der Waals surface area contributed by atoms with E-state index in [1.807, 2.05) is 0 Å². The monoisotopic (exact) mass is 244 g/mol. The first kappa shape index (κ1) is 12.1. The molecule has 1 unspecified atom stereocenters. The average Bonchev–Trinajstić information content (AvgIpc) is 2.62. The quantitative estimate of drug-likeness (QED) is 0.887.